The van der Waals surface area contributed by atoms with Crippen molar-refractivity contribution >= 4 is 55.5 Å². The van der Waals surface area contributed by atoms with Crippen LogP contribution in [0.2, 0.25) is 45.8 Å². The molecule has 0 heterocycles. The molecule has 12 heteroatoms. The molecular formula is C8H30O6Si6. The highest BCUT2D eigenvalue weighted by Gasteiger charge is 2.28. The third-order valence-corrected chi connectivity index (χ3v) is 16.4. The molecule has 0 saturated heterocycles. The van der Waals surface area contributed by atoms with E-state index in [9.17, 15) is 0 Å². The summed E-state index contributed by atoms with van der Waals surface area (Å²) >= 11 is 0. The Labute approximate surface area is 133 Å². The molecule has 20 heavy (non-hydrogen) atoms. The van der Waals surface area contributed by atoms with Gasteiger partial charge in [-0.15, -0.1) is 0 Å². The summed E-state index contributed by atoms with van der Waals surface area (Å²) in [7, 11) is -7.80. The highest BCUT2D eigenvalue weighted by Crippen LogP contribution is 2.05. The summed E-state index contributed by atoms with van der Waals surface area (Å²) in [6.45, 7) is 14.7. The van der Waals surface area contributed by atoms with Gasteiger partial charge in [-0.05, 0) is 45.8 Å². The Balaban J connectivity index is 4.45. The molecule has 3 unspecified atom stereocenters. The van der Waals surface area contributed by atoms with Crippen LogP contribution in [0, 0.1) is 0 Å². The van der Waals surface area contributed by atoms with Crippen molar-refractivity contribution in [2.45, 2.75) is 45.8 Å². The zero-order valence-corrected chi connectivity index (χ0v) is 20.8. The van der Waals surface area contributed by atoms with Crippen molar-refractivity contribution in [3.8, 4) is 0 Å². The second kappa shape index (κ2) is 11.6. The smallest absolute Gasteiger partial charge is 0.442 e. The maximum absolute atomic E-state index is 5.96. The summed E-state index contributed by atoms with van der Waals surface area (Å²) in [5, 5.41) is 0. The Morgan fingerprint density at radius 1 is 0.500 bits per heavy atom. The molecule has 0 rings (SSSR count). The summed E-state index contributed by atoms with van der Waals surface area (Å²) in [6, 6.07) is 0. The van der Waals surface area contributed by atoms with E-state index in [0.29, 0.717) is 0 Å². The molecule has 0 amide bonds. The minimum absolute atomic E-state index is 1.07. The molecule has 0 aliphatic rings. The Hall–Kier alpha value is 1.06. The fourth-order valence-electron chi connectivity index (χ4n) is 1.35. The van der Waals surface area contributed by atoms with Gasteiger partial charge >= 0.3 is 19.1 Å². The molecule has 0 radical (unpaired) electrons. The lowest BCUT2D eigenvalue weighted by Gasteiger charge is -2.26. The predicted octanol–water partition coefficient (Wildman–Crippen LogP) is -0.0493. The van der Waals surface area contributed by atoms with Crippen LogP contribution in [0.5, 0.6) is 0 Å². The minimum Gasteiger partial charge on any atom is -0.442 e. The van der Waals surface area contributed by atoms with Crippen LogP contribution >= 0.6 is 0 Å². The molecule has 0 aliphatic heterocycles. The van der Waals surface area contributed by atoms with E-state index in [0.717, 1.165) is 0 Å². The van der Waals surface area contributed by atoms with Crippen LogP contribution in [-0.4, -0.2) is 62.6 Å². The molecule has 3 atom stereocenters. The van der Waals surface area contributed by atoms with E-state index in [1.807, 2.05) is 6.55 Å². The lowest BCUT2D eigenvalue weighted by molar-refractivity contribution is 0.199. The van der Waals surface area contributed by atoms with E-state index in [-0.39, 0.29) is 0 Å². The van der Waals surface area contributed by atoms with Crippen LogP contribution in [0.3, 0.4) is 0 Å². The van der Waals surface area contributed by atoms with Gasteiger partial charge in [-0.1, -0.05) is 0 Å². The zero-order chi connectivity index (χ0) is 15.7. The predicted molar refractivity (Wildman–Crippen MR) is 96.4 cm³/mol. The van der Waals surface area contributed by atoms with Crippen molar-refractivity contribution in [1.29, 1.82) is 0 Å². The second-order valence-electron chi connectivity index (χ2n) is 5.21. The standard InChI is InChI=1S/C8H30O6Si6/c1-9-19(11-16(4)5)14-20(12-17(6)7)13-18(8)10-15(2)3/h15-20H,1-8H3. The van der Waals surface area contributed by atoms with E-state index in [1.165, 1.54) is 0 Å². The van der Waals surface area contributed by atoms with Crippen LogP contribution in [0.4, 0.5) is 0 Å². The van der Waals surface area contributed by atoms with Crippen molar-refractivity contribution in [1.82, 2.24) is 0 Å². The maximum atomic E-state index is 5.96. The first-order chi connectivity index (χ1) is 9.24. The SMILES string of the molecule is CO[SiH](O[SiH](C)C)O[SiH](O[SiH](C)C)O[SiH](C)O[SiH](C)C. The van der Waals surface area contributed by atoms with Crippen LogP contribution in [0.15, 0.2) is 0 Å². The van der Waals surface area contributed by atoms with E-state index in [1.54, 1.807) is 7.11 Å². The Morgan fingerprint density at radius 2 is 0.950 bits per heavy atom. The van der Waals surface area contributed by atoms with Crippen LogP contribution < -0.4 is 0 Å². The summed E-state index contributed by atoms with van der Waals surface area (Å²) in [5.74, 6) is 0. The number of hydrogen-bond acceptors (Lipinski definition) is 6. The third-order valence-electron chi connectivity index (χ3n) is 1.95. The normalized spacial score (nSPS) is 16.9. The van der Waals surface area contributed by atoms with Crippen molar-refractivity contribution in [3.63, 3.8) is 0 Å². The average Bonchev–Trinajstić information content (AvgIpc) is 2.24. The molecule has 0 aromatic carbocycles. The monoisotopic (exact) mass is 390 g/mol. The topological polar surface area (TPSA) is 55.4 Å². The Morgan fingerprint density at radius 3 is 1.35 bits per heavy atom. The van der Waals surface area contributed by atoms with E-state index < -0.39 is 55.5 Å². The first-order valence-electron chi connectivity index (χ1n) is 7.04. The first-order valence-corrected chi connectivity index (χ1v) is 20.3. The van der Waals surface area contributed by atoms with Crippen molar-refractivity contribution < 1.29 is 25.0 Å². The third kappa shape index (κ3) is 11.7. The zero-order valence-electron chi connectivity index (χ0n) is 13.9. The Bertz CT molecular complexity index is 245. The van der Waals surface area contributed by atoms with Crippen LogP contribution in [-0.2, 0) is 25.0 Å². The number of hydrogen-bond donors (Lipinski definition) is 0. The van der Waals surface area contributed by atoms with Gasteiger partial charge in [-0.2, -0.15) is 0 Å². The van der Waals surface area contributed by atoms with Crippen molar-refractivity contribution in [3.05, 3.63) is 0 Å². The molecule has 0 aromatic rings. The molecule has 0 fully saturated rings. The molecule has 0 aliphatic carbocycles. The molecule has 0 saturated carbocycles. The molecule has 0 bridgehead atoms. The molecule has 0 spiro atoms. The van der Waals surface area contributed by atoms with Crippen molar-refractivity contribution in [2.75, 3.05) is 7.11 Å². The van der Waals surface area contributed by atoms with Crippen LogP contribution in [0.25, 0.3) is 0 Å². The van der Waals surface area contributed by atoms with Gasteiger partial charge in [0.25, 0.3) is 9.28 Å². The van der Waals surface area contributed by atoms with Gasteiger partial charge in [0.05, 0.1) is 0 Å². The highest BCUT2D eigenvalue weighted by atomic mass is 28.5. The average molecular weight is 391 g/mol. The van der Waals surface area contributed by atoms with Gasteiger partial charge in [0.1, 0.15) is 0 Å². The van der Waals surface area contributed by atoms with Gasteiger partial charge in [0.15, 0.2) is 27.1 Å². The van der Waals surface area contributed by atoms with Gasteiger partial charge in [-0.25, -0.2) is 0 Å². The summed E-state index contributed by atoms with van der Waals surface area (Å²) in [4.78, 5) is 0. The minimum atomic E-state index is -2.19. The van der Waals surface area contributed by atoms with Gasteiger partial charge in [0.2, 0.25) is 0 Å². The van der Waals surface area contributed by atoms with E-state index >= 15 is 0 Å². The van der Waals surface area contributed by atoms with E-state index in [4.69, 9.17) is 25.0 Å². The Kier molecular flexibility index (Phi) is 12.2. The molecule has 0 N–H and O–H groups in total. The fraction of sp³-hybridized carbons (Fsp3) is 1.00. The van der Waals surface area contributed by atoms with Crippen molar-refractivity contribution in [2.24, 2.45) is 0 Å². The maximum Gasteiger partial charge on any atom is 0.465 e. The highest BCUT2D eigenvalue weighted by molar-refractivity contribution is 6.70. The summed E-state index contributed by atoms with van der Waals surface area (Å²) in [6.07, 6.45) is 0. The number of rotatable bonds is 11. The first kappa shape index (κ1) is 21.1. The molecular weight excluding hydrogens is 361 g/mol. The summed E-state index contributed by atoms with van der Waals surface area (Å²) in [5.41, 5.74) is 0. The molecule has 0 aromatic heterocycles. The van der Waals surface area contributed by atoms with Gasteiger partial charge in [-0.3, -0.25) is 0 Å². The second-order valence-corrected chi connectivity index (χ2v) is 19.7. The van der Waals surface area contributed by atoms with Crippen LogP contribution in [0.1, 0.15) is 0 Å². The quantitative estimate of drug-likeness (QED) is 0.461. The lowest BCUT2D eigenvalue weighted by atomic mass is 11.8. The largest absolute Gasteiger partial charge is 0.465 e. The van der Waals surface area contributed by atoms with E-state index in [2.05, 4.69) is 39.3 Å². The molecule has 6 nitrogen and oxygen atoms in total. The molecule has 122 valence electrons. The van der Waals surface area contributed by atoms with Gasteiger partial charge in [0, 0.05) is 7.11 Å². The van der Waals surface area contributed by atoms with Gasteiger partial charge < -0.3 is 25.0 Å². The fourth-order valence-corrected chi connectivity index (χ4v) is 15.0. The summed E-state index contributed by atoms with van der Waals surface area (Å²) < 4.78 is 34.7. The lowest BCUT2D eigenvalue weighted by Crippen LogP contribution is -2.45.